The van der Waals surface area contributed by atoms with Gasteiger partial charge in [0.05, 0.1) is 10.8 Å². The SMILES string of the molecule is CC(=O)C=C1SCC(=O)N1c1ccccc1. The number of para-hydroxylation sites is 1. The summed E-state index contributed by atoms with van der Waals surface area (Å²) in [6.07, 6.45) is 1.50. The van der Waals surface area contributed by atoms with Crippen molar-refractivity contribution in [3.05, 3.63) is 41.4 Å². The molecule has 1 heterocycles. The highest BCUT2D eigenvalue weighted by Gasteiger charge is 2.27. The average Bonchev–Trinajstić information content (AvgIpc) is 2.60. The number of allylic oxidation sites excluding steroid dienone is 1. The maximum absolute atomic E-state index is 11.7. The summed E-state index contributed by atoms with van der Waals surface area (Å²) in [6.45, 7) is 1.49. The van der Waals surface area contributed by atoms with E-state index in [0.29, 0.717) is 10.8 Å². The molecule has 16 heavy (non-hydrogen) atoms. The van der Waals surface area contributed by atoms with Crippen LogP contribution in [0.3, 0.4) is 0 Å². The molecule has 1 aliphatic rings. The van der Waals surface area contributed by atoms with Gasteiger partial charge in [-0.15, -0.1) is 0 Å². The second-order valence-electron chi connectivity index (χ2n) is 3.45. The molecule has 1 aromatic rings. The fourth-order valence-corrected chi connectivity index (χ4v) is 2.50. The standard InChI is InChI=1S/C12H11NO2S/c1-9(14)7-12-13(11(15)8-16-12)10-5-3-2-4-6-10/h2-7H,8H2,1H3. The van der Waals surface area contributed by atoms with Crippen LogP contribution >= 0.6 is 11.8 Å². The third-order valence-corrected chi connectivity index (χ3v) is 3.14. The van der Waals surface area contributed by atoms with Crippen molar-refractivity contribution < 1.29 is 9.59 Å². The van der Waals surface area contributed by atoms with Crippen LogP contribution in [0.1, 0.15) is 6.92 Å². The number of benzene rings is 1. The molecule has 0 N–H and O–H groups in total. The first kappa shape index (κ1) is 11.0. The van der Waals surface area contributed by atoms with Gasteiger partial charge in [-0.2, -0.15) is 0 Å². The second kappa shape index (κ2) is 4.53. The highest BCUT2D eigenvalue weighted by atomic mass is 32.2. The van der Waals surface area contributed by atoms with E-state index in [0.717, 1.165) is 5.69 Å². The van der Waals surface area contributed by atoms with Crippen LogP contribution in [0.15, 0.2) is 41.4 Å². The summed E-state index contributed by atoms with van der Waals surface area (Å²) < 4.78 is 0. The van der Waals surface area contributed by atoms with E-state index in [1.54, 1.807) is 4.90 Å². The lowest BCUT2D eigenvalue weighted by atomic mass is 10.3. The van der Waals surface area contributed by atoms with E-state index in [9.17, 15) is 9.59 Å². The summed E-state index contributed by atoms with van der Waals surface area (Å²) in [6, 6.07) is 9.36. The summed E-state index contributed by atoms with van der Waals surface area (Å²) in [4.78, 5) is 24.4. The van der Waals surface area contributed by atoms with Crippen LogP contribution in [-0.4, -0.2) is 17.4 Å². The van der Waals surface area contributed by atoms with Crippen molar-refractivity contribution in [1.82, 2.24) is 0 Å². The largest absolute Gasteiger partial charge is 0.295 e. The van der Waals surface area contributed by atoms with Crippen molar-refractivity contribution in [2.24, 2.45) is 0 Å². The van der Waals surface area contributed by atoms with Crippen molar-refractivity contribution in [3.8, 4) is 0 Å². The predicted molar refractivity (Wildman–Crippen MR) is 65.2 cm³/mol. The molecule has 0 radical (unpaired) electrons. The monoisotopic (exact) mass is 233 g/mol. The molecule has 0 atom stereocenters. The molecule has 82 valence electrons. The zero-order valence-electron chi connectivity index (χ0n) is 8.84. The number of thioether (sulfide) groups is 1. The molecule has 1 aromatic carbocycles. The summed E-state index contributed by atoms with van der Waals surface area (Å²) in [5.41, 5.74) is 0.810. The summed E-state index contributed by atoms with van der Waals surface area (Å²) in [7, 11) is 0. The van der Waals surface area contributed by atoms with Crippen LogP contribution < -0.4 is 4.90 Å². The van der Waals surface area contributed by atoms with E-state index in [1.165, 1.54) is 24.8 Å². The van der Waals surface area contributed by atoms with Gasteiger partial charge in [0.15, 0.2) is 5.78 Å². The van der Waals surface area contributed by atoms with E-state index >= 15 is 0 Å². The lowest BCUT2D eigenvalue weighted by Crippen LogP contribution is -2.23. The molecule has 0 spiro atoms. The van der Waals surface area contributed by atoms with Gasteiger partial charge in [0.1, 0.15) is 0 Å². The van der Waals surface area contributed by atoms with E-state index < -0.39 is 0 Å². The minimum absolute atomic E-state index is 0.0173. The van der Waals surface area contributed by atoms with Crippen molar-refractivity contribution in [2.75, 3.05) is 10.7 Å². The number of carbonyl (C=O) groups is 2. The van der Waals surface area contributed by atoms with Gasteiger partial charge < -0.3 is 0 Å². The number of hydrogen-bond donors (Lipinski definition) is 0. The topological polar surface area (TPSA) is 37.4 Å². The molecule has 0 saturated carbocycles. The Kier molecular flexibility index (Phi) is 3.10. The second-order valence-corrected chi connectivity index (χ2v) is 4.44. The molecule has 0 aromatic heterocycles. The number of hydrogen-bond acceptors (Lipinski definition) is 3. The van der Waals surface area contributed by atoms with Gasteiger partial charge in [0, 0.05) is 11.8 Å². The van der Waals surface area contributed by atoms with Crippen molar-refractivity contribution in [1.29, 1.82) is 0 Å². The van der Waals surface area contributed by atoms with Gasteiger partial charge in [-0.05, 0) is 19.1 Å². The number of nitrogens with zero attached hydrogens (tertiary/aromatic N) is 1. The van der Waals surface area contributed by atoms with Crippen LogP contribution in [0, 0.1) is 0 Å². The minimum atomic E-state index is -0.0434. The van der Waals surface area contributed by atoms with Gasteiger partial charge in [-0.1, -0.05) is 30.0 Å². The van der Waals surface area contributed by atoms with E-state index in [1.807, 2.05) is 30.3 Å². The summed E-state index contributed by atoms with van der Waals surface area (Å²) in [5.74, 6) is 0.371. The number of ketones is 1. The van der Waals surface area contributed by atoms with Gasteiger partial charge in [0.2, 0.25) is 5.91 Å². The molecule has 1 fully saturated rings. The molecule has 0 bridgehead atoms. The average molecular weight is 233 g/mol. The Bertz CT molecular complexity index is 453. The number of amides is 1. The lowest BCUT2D eigenvalue weighted by Gasteiger charge is -2.16. The smallest absolute Gasteiger partial charge is 0.242 e. The third-order valence-electron chi connectivity index (χ3n) is 2.15. The quantitative estimate of drug-likeness (QED) is 0.735. The molecule has 1 saturated heterocycles. The predicted octanol–water partition coefficient (Wildman–Crippen LogP) is 2.20. The maximum Gasteiger partial charge on any atom is 0.242 e. The fourth-order valence-electron chi connectivity index (χ4n) is 1.52. The van der Waals surface area contributed by atoms with Crippen LogP contribution in [0.4, 0.5) is 5.69 Å². The molecule has 1 amide bonds. The Labute approximate surface area is 98.1 Å². The highest BCUT2D eigenvalue weighted by molar-refractivity contribution is 8.04. The number of carbonyl (C=O) groups excluding carboxylic acids is 2. The first-order chi connectivity index (χ1) is 7.68. The Morgan fingerprint density at radius 2 is 2.06 bits per heavy atom. The van der Waals surface area contributed by atoms with Crippen molar-refractivity contribution >= 4 is 29.1 Å². The van der Waals surface area contributed by atoms with Crippen LogP contribution in [0.25, 0.3) is 0 Å². The Hall–Kier alpha value is -1.55. The normalized spacial score (nSPS) is 18.2. The zero-order chi connectivity index (χ0) is 11.5. The van der Waals surface area contributed by atoms with Crippen LogP contribution in [0.2, 0.25) is 0 Å². The maximum atomic E-state index is 11.7. The minimum Gasteiger partial charge on any atom is -0.295 e. The highest BCUT2D eigenvalue weighted by Crippen LogP contribution is 2.33. The summed E-state index contributed by atoms with van der Waals surface area (Å²) in [5, 5.41) is 0.712. The Morgan fingerprint density at radius 1 is 1.38 bits per heavy atom. The molecule has 2 rings (SSSR count). The first-order valence-corrected chi connectivity index (χ1v) is 5.90. The zero-order valence-corrected chi connectivity index (χ0v) is 9.66. The molecule has 1 aliphatic heterocycles. The number of rotatable bonds is 2. The van der Waals surface area contributed by atoms with E-state index in [-0.39, 0.29) is 11.7 Å². The molecule has 0 unspecified atom stereocenters. The Morgan fingerprint density at radius 3 is 2.69 bits per heavy atom. The van der Waals surface area contributed by atoms with Gasteiger partial charge >= 0.3 is 0 Å². The summed E-state index contributed by atoms with van der Waals surface area (Å²) >= 11 is 1.40. The van der Waals surface area contributed by atoms with Gasteiger partial charge in [0.25, 0.3) is 0 Å². The van der Waals surface area contributed by atoms with E-state index in [4.69, 9.17) is 0 Å². The van der Waals surface area contributed by atoms with Crippen molar-refractivity contribution in [2.45, 2.75) is 6.92 Å². The molecular weight excluding hydrogens is 222 g/mol. The number of anilines is 1. The Balaban J connectivity index is 2.37. The van der Waals surface area contributed by atoms with E-state index in [2.05, 4.69) is 0 Å². The first-order valence-electron chi connectivity index (χ1n) is 4.91. The van der Waals surface area contributed by atoms with Crippen molar-refractivity contribution in [3.63, 3.8) is 0 Å². The fraction of sp³-hybridized carbons (Fsp3) is 0.167. The van der Waals surface area contributed by atoms with Gasteiger partial charge in [-0.25, -0.2) is 0 Å². The molecular formula is C12H11NO2S. The van der Waals surface area contributed by atoms with Gasteiger partial charge in [-0.3, -0.25) is 14.5 Å². The van der Waals surface area contributed by atoms with Crippen LogP contribution in [-0.2, 0) is 9.59 Å². The molecule has 3 nitrogen and oxygen atoms in total. The molecule has 4 heteroatoms. The van der Waals surface area contributed by atoms with Crippen LogP contribution in [0.5, 0.6) is 0 Å². The molecule has 0 aliphatic carbocycles. The lowest BCUT2D eigenvalue weighted by molar-refractivity contribution is -0.115. The third kappa shape index (κ3) is 2.17.